The number of nitrogens with zero attached hydrogens (tertiary/aromatic N) is 1. The lowest BCUT2D eigenvalue weighted by molar-refractivity contribution is 0.932. The summed E-state index contributed by atoms with van der Waals surface area (Å²) in [6.07, 6.45) is 1.95. The first-order valence-electron chi connectivity index (χ1n) is 4.91. The molecule has 0 spiro atoms. The fourth-order valence-electron chi connectivity index (χ4n) is 1.41. The van der Waals surface area contributed by atoms with Gasteiger partial charge in [-0.25, -0.2) is 0 Å². The minimum absolute atomic E-state index is 0.847. The Hall–Kier alpha value is -0.650. The van der Waals surface area contributed by atoms with Gasteiger partial charge in [0.25, 0.3) is 0 Å². The van der Waals surface area contributed by atoms with Gasteiger partial charge in [0.15, 0.2) is 0 Å². The van der Waals surface area contributed by atoms with Crippen LogP contribution in [0, 0.1) is 24.5 Å². The number of hydrogen-bond acceptors (Lipinski definition) is 2. The summed E-state index contributed by atoms with van der Waals surface area (Å²) in [5.74, 6) is 0.875. The summed E-state index contributed by atoms with van der Waals surface area (Å²) < 4.78 is 0. The summed E-state index contributed by atoms with van der Waals surface area (Å²) >= 11 is 7.45. The Bertz CT molecular complexity index is 382. The number of rotatable bonds is 4. The van der Waals surface area contributed by atoms with Gasteiger partial charge in [-0.2, -0.15) is 5.26 Å². The fraction of sp³-hybridized carbons (Fsp3) is 0.417. The molecule has 0 aliphatic heterocycles. The zero-order valence-electron chi connectivity index (χ0n) is 9.01. The van der Waals surface area contributed by atoms with E-state index in [1.165, 1.54) is 28.5 Å². The Morgan fingerprint density at radius 2 is 2.00 bits per heavy atom. The summed E-state index contributed by atoms with van der Waals surface area (Å²) in [5.41, 5.74) is 3.70. The van der Waals surface area contributed by atoms with Crippen molar-refractivity contribution >= 4 is 23.4 Å². The molecule has 80 valence electrons. The highest BCUT2D eigenvalue weighted by Gasteiger charge is 2.03. The molecule has 0 aliphatic carbocycles. The van der Waals surface area contributed by atoms with Crippen molar-refractivity contribution < 1.29 is 0 Å². The maximum atomic E-state index is 8.39. The molecule has 0 aliphatic rings. The monoisotopic (exact) mass is 239 g/mol. The average Bonchev–Trinajstić information content (AvgIpc) is 2.20. The first-order valence-corrected chi connectivity index (χ1v) is 6.28. The van der Waals surface area contributed by atoms with Crippen LogP contribution in [0.5, 0.6) is 0 Å². The van der Waals surface area contributed by atoms with E-state index < -0.39 is 0 Å². The third kappa shape index (κ3) is 3.77. The Kier molecular flexibility index (Phi) is 5.01. The zero-order valence-corrected chi connectivity index (χ0v) is 10.6. The molecule has 0 amide bonds. The van der Waals surface area contributed by atoms with E-state index in [1.54, 1.807) is 0 Å². The van der Waals surface area contributed by atoms with Gasteiger partial charge in [0.05, 0.1) is 0 Å². The highest BCUT2D eigenvalue weighted by molar-refractivity contribution is 8.03. The van der Waals surface area contributed by atoms with Crippen molar-refractivity contribution in [2.75, 3.05) is 5.75 Å². The van der Waals surface area contributed by atoms with Gasteiger partial charge < -0.3 is 0 Å². The number of benzene rings is 1. The fourth-order valence-corrected chi connectivity index (χ4v) is 2.11. The maximum Gasteiger partial charge on any atom is 0.133 e. The number of halogens is 1. The van der Waals surface area contributed by atoms with Crippen LogP contribution < -0.4 is 0 Å². The van der Waals surface area contributed by atoms with E-state index in [0.717, 1.165) is 23.6 Å². The number of hydrogen-bond donors (Lipinski definition) is 0. The normalized spacial score (nSPS) is 10.0. The van der Waals surface area contributed by atoms with Gasteiger partial charge in [-0.1, -0.05) is 17.7 Å². The maximum absolute atomic E-state index is 8.39. The predicted octanol–water partition coefficient (Wildman–Crippen LogP) is 4.10. The minimum Gasteiger partial charge on any atom is -0.185 e. The highest BCUT2D eigenvalue weighted by atomic mass is 35.5. The molecule has 1 rings (SSSR count). The predicted molar refractivity (Wildman–Crippen MR) is 67.3 cm³/mol. The highest BCUT2D eigenvalue weighted by Crippen LogP contribution is 2.22. The van der Waals surface area contributed by atoms with Crippen LogP contribution in [0.1, 0.15) is 23.1 Å². The summed E-state index contributed by atoms with van der Waals surface area (Å²) in [6.45, 7) is 4.16. The van der Waals surface area contributed by atoms with E-state index in [2.05, 4.69) is 25.3 Å². The van der Waals surface area contributed by atoms with Crippen LogP contribution in [0.3, 0.4) is 0 Å². The van der Waals surface area contributed by atoms with Crippen molar-refractivity contribution in [3.63, 3.8) is 0 Å². The standard InChI is InChI=1S/C12H14ClNS/c1-9-6-11(4-3-5-15-8-14)12(13)7-10(9)2/h6-7H,3-5H2,1-2H3. The van der Waals surface area contributed by atoms with Crippen molar-refractivity contribution in [3.8, 4) is 5.40 Å². The molecule has 0 fully saturated rings. The molecule has 1 aromatic rings. The van der Waals surface area contributed by atoms with Gasteiger partial charge in [0.2, 0.25) is 0 Å². The van der Waals surface area contributed by atoms with E-state index in [1.807, 2.05) is 6.07 Å². The van der Waals surface area contributed by atoms with E-state index in [9.17, 15) is 0 Å². The second kappa shape index (κ2) is 6.05. The third-order valence-electron chi connectivity index (χ3n) is 2.42. The molecule has 0 bridgehead atoms. The molecule has 15 heavy (non-hydrogen) atoms. The van der Waals surface area contributed by atoms with Crippen molar-refractivity contribution in [2.45, 2.75) is 26.7 Å². The van der Waals surface area contributed by atoms with Gasteiger partial charge in [0.1, 0.15) is 5.40 Å². The van der Waals surface area contributed by atoms with Gasteiger partial charge in [0, 0.05) is 10.8 Å². The Labute approximate surface area is 100 Å². The van der Waals surface area contributed by atoms with E-state index in [-0.39, 0.29) is 0 Å². The lowest BCUT2D eigenvalue weighted by Crippen LogP contribution is -1.92. The summed E-state index contributed by atoms with van der Waals surface area (Å²) in [7, 11) is 0. The molecule has 0 radical (unpaired) electrons. The first-order chi connectivity index (χ1) is 7.15. The molecule has 0 saturated carbocycles. The molecule has 0 unspecified atom stereocenters. The Morgan fingerprint density at radius 1 is 1.33 bits per heavy atom. The minimum atomic E-state index is 0.847. The van der Waals surface area contributed by atoms with Crippen LogP contribution in [-0.4, -0.2) is 5.75 Å². The molecule has 1 nitrogen and oxygen atoms in total. The van der Waals surface area contributed by atoms with Crippen LogP contribution in [0.2, 0.25) is 5.02 Å². The van der Waals surface area contributed by atoms with Crippen molar-refractivity contribution in [1.29, 1.82) is 5.26 Å². The molecule has 0 saturated heterocycles. The summed E-state index contributed by atoms with van der Waals surface area (Å²) in [5, 5.41) is 11.3. The first kappa shape index (κ1) is 12.4. The van der Waals surface area contributed by atoms with Crippen LogP contribution in [0.15, 0.2) is 12.1 Å². The quantitative estimate of drug-likeness (QED) is 0.583. The van der Waals surface area contributed by atoms with Gasteiger partial charge in [-0.05, 0) is 61.2 Å². The molecule has 3 heteroatoms. The number of nitriles is 1. The number of thiocyanates is 1. The average molecular weight is 240 g/mol. The topological polar surface area (TPSA) is 23.8 Å². The van der Waals surface area contributed by atoms with Crippen molar-refractivity contribution in [1.82, 2.24) is 0 Å². The van der Waals surface area contributed by atoms with Crippen LogP contribution in [0.4, 0.5) is 0 Å². The zero-order chi connectivity index (χ0) is 11.3. The second-order valence-corrected chi connectivity index (χ2v) is 4.86. The summed E-state index contributed by atoms with van der Waals surface area (Å²) in [6, 6.07) is 4.17. The molecule has 1 aromatic carbocycles. The summed E-state index contributed by atoms with van der Waals surface area (Å²) in [4.78, 5) is 0. The van der Waals surface area contributed by atoms with Crippen LogP contribution in [0.25, 0.3) is 0 Å². The molecule has 0 aromatic heterocycles. The van der Waals surface area contributed by atoms with Gasteiger partial charge in [-0.3, -0.25) is 0 Å². The third-order valence-corrected chi connectivity index (χ3v) is 3.39. The second-order valence-electron chi connectivity index (χ2n) is 3.57. The lowest BCUT2D eigenvalue weighted by atomic mass is 10.0. The van der Waals surface area contributed by atoms with E-state index in [0.29, 0.717) is 0 Å². The van der Waals surface area contributed by atoms with Crippen molar-refractivity contribution in [3.05, 3.63) is 33.8 Å². The Balaban J connectivity index is 2.62. The molecule has 0 N–H and O–H groups in total. The molecule has 0 atom stereocenters. The lowest BCUT2D eigenvalue weighted by Gasteiger charge is -2.07. The number of thioether (sulfide) groups is 1. The van der Waals surface area contributed by atoms with Gasteiger partial charge >= 0.3 is 0 Å². The van der Waals surface area contributed by atoms with Gasteiger partial charge in [-0.15, -0.1) is 0 Å². The van der Waals surface area contributed by atoms with E-state index in [4.69, 9.17) is 16.9 Å². The number of aryl methyl sites for hydroxylation is 3. The molecular formula is C12H14ClNS. The van der Waals surface area contributed by atoms with Crippen molar-refractivity contribution in [2.24, 2.45) is 0 Å². The van der Waals surface area contributed by atoms with Crippen LogP contribution >= 0.6 is 23.4 Å². The van der Waals surface area contributed by atoms with E-state index >= 15 is 0 Å². The molecule has 0 heterocycles. The Morgan fingerprint density at radius 3 is 2.67 bits per heavy atom. The largest absolute Gasteiger partial charge is 0.185 e. The van der Waals surface area contributed by atoms with Crippen LogP contribution in [-0.2, 0) is 6.42 Å². The SMILES string of the molecule is Cc1cc(Cl)c(CCCSC#N)cc1C. The smallest absolute Gasteiger partial charge is 0.133 e. The molecular weight excluding hydrogens is 226 g/mol.